The van der Waals surface area contributed by atoms with E-state index in [4.69, 9.17) is 0 Å². The van der Waals surface area contributed by atoms with Crippen molar-refractivity contribution in [2.24, 2.45) is 5.92 Å². The van der Waals surface area contributed by atoms with E-state index in [1.54, 1.807) is 6.20 Å². The number of hydrogen-bond donors (Lipinski definition) is 1. The van der Waals surface area contributed by atoms with Crippen LogP contribution in [0, 0.1) is 5.92 Å². The van der Waals surface area contributed by atoms with Crippen LogP contribution >= 0.6 is 15.9 Å². The quantitative estimate of drug-likeness (QED) is 0.876. The number of halogens is 1. The second kappa shape index (κ2) is 6.92. The largest absolute Gasteiger partial charge is 0.380 e. The molecule has 1 aromatic heterocycles. The lowest BCUT2D eigenvalue weighted by Gasteiger charge is -2.18. The maximum absolute atomic E-state index is 12.0. The van der Waals surface area contributed by atoms with E-state index >= 15 is 0 Å². The summed E-state index contributed by atoms with van der Waals surface area (Å²) in [4.78, 5) is 12.0. The monoisotopic (exact) mass is 315 g/mol. The van der Waals surface area contributed by atoms with Crippen molar-refractivity contribution in [3.8, 4) is 0 Å². The molecule has 1 rings (SSSR count). The molecule has 5 heteroatoms. The van der Waals surface area contributed by atoms with E-state index in [1.165, 1.54) is 4.68 Å². The Morgan fingerprint density at radius 1 is 1.44 bits per heavy atom. The normalized spacial score (nSPS) is 12.8. The lowest BCUT2D eigenvalue weighted by Crippen LogP contribution is -2.26. The average molecular weight is 316 g/mol. The average Bonchev–Trinajstić information content (AvgIpc) is 2.28. The van der Waals surface area contributed by atoms with Gasteiger partial charge in [0.2, 0.25) is 0 Å². The molecule has 0 radical (unpaired) electrons. The number of aromatic nitrogens is 2. The van der Waals surface area contributed by atoms with Crippen LogP contribution in [0.4, 0.5) is 5.69 Å². The zero-order chi connectivity index (χ0) is 13.7. The molecule has 0 bridgehead atoms. The van der Waals surface area contributed by atoms with Crippen LogP contribution in [0.25, 0.3) is 0 Å². The lowest BCUT2D eigenvalue weighted by molar-refractivity contribution is 0.536. The predicted molar refractivity (Wildman–Crippen MR) is 79.0 cm³/mol. The van der Waals surface area contributed by atoms with Gasteiger partial charge in [-0.15, -0.1) is 0 Å². The Morgan fingerprint density at radius 2 is 2.11 bits per heavy atom. The van der Waals surface area contributed by atoms with Crippen molar-refractivity contribution < 1.29 is 0 Å². The summed E-state index contributed by atoms with van der Waals surface area (Å²) in [5.74, 6) is 0.625. The van der Waals surface area contributed by atoms with Gasteiger partial charge >= 0.3 is 0 Å². The first kappa shape index (κ1) is 15.2. The first-order valence-corrected chi connectivity index (χ1v) is 7.27. The van der Waals surface area contributed by atoms with Gasteiger partial charge in [0.1, 0.15) is 4.47 Å². The van der Waals surface area contributed by atoms with Gasteiger partial charge in [-0.25, -0.2) is 4.68 Å². The summed E-state index contributed by atoms with van der Waals surface area (Å²) >= 11 is 3.36. The minimum atomic E-state index is -0.0707. The number of nitrogens with one attached hydrogen (secondary N) is 1. The van der Waals surface area contributed by atoms with E-state index in [-0.39, 0.29) is 5.56 Å². The molecule has 1 aromatic rings. The Hall–Kier alpha value is -0.840. The van der Waals surface area contributed by atoms with Gasteiger partial charge in [0.25, 0.3) is 5.56 Å². The molecule has 4 nitrogen and oxygen atoms in total. The van der Waals surface area contributed by atoms with Crippen LogP contribution in [-0.4, -0.2) is 15.8 Å². The van der Waals surface area contributed by atoms with Crippen LogP contribution in [-0.2, 0) is 6.54 Å². The summed E-state index contributed by atoms with van der Waals surface area (Å²) in [5, 5.41) is 7.50. The molecule has 1 N–H and O–H groups in total. The topological polar surface area (TPSA) is 46.9 Å². The summed E-state index contributed by atoms with van der Waals surface area (Å²) in [6.07, 6.45) is 3.68. The zero-order valence-electron chi connectivity index (χ0n) is 11.5. The van der Waals surface area contributed by atoms with Gasteiger partial charge < -0.3 is 5.32 Å². The smallest absolute Gasteiger partial charge is 0.283 e. The van der Waals surface area contributed by atoms with E-state index in [1.807, 2.05) is 6.92 Å². The summed E-state index contributed by atoms with van der Waals surface area (Å²) in [6, 6.07) is 0.324. The fourth-order valence-electron chi connectivity index (χ4n) is 1.97. The van der Waals surface area contributed by atoms with E-state index in [9.17, 15) is 4.79 Å². The third-order valence-electron chi connectivity index (χ3n) is 2.65. The Balaban J connectivity index is 2.85. The van der Waals surface area contributed by atoms with Gasteiger partial charge in [-0.1, -0.05) is 20.8 Å². The predicted octanol–water partition coefficient (Wildman–Crippen LogP) is 3.26. The van der Waals surface area contributed by atoms with Crippen molar-refractivity contribution in [1.82, 2.24) is 9.78 Å². The highest BCUT2D eigenvalue weighted by molar-refractivity contribution is 9.10. The molecule has 102 valence electrons. The van der Waals surface area contributed by atoms with Gasteiger partial charge in [-0.3, -0.25) is 4.79 Å². The molecule has 0 aromatic carbocycles. The van der Waals surface area contributed by atoms with Crippen LogP contribution in [0.1, 0.15) is 40.5 Å². The highest BCUT2D eigenvalue weighted by atomic mass is 79.9. The third-order valence-corrected chi connectivity index (χ3v) is 3.41. The summed E-state index contributed by atoms with van der Waals surface area (Å²) in [6.45, 7) is 9.16. The molecule has 1 atom stereocenters. The van der Waals surface area contributed by atoms with Crippen LogP contribution in [0.2, 0.25) is 0 Å². The fraction of sp³-hybridized carbons (Fsp3) is 0.692. The minimum Gasteiger partial charge on any atom is -0.380 e. The van der Waals surface area contributed by atoms with Crippen LogP contribution in [0.3, 0.4) is 0 Å². The highest BCUT2D eigenvalue weighted by Crippen LogP contribution is 2.19. The zero-order valence-corrected chi connectivity index (χ0v) is 13.1. The van der Waals surface area contributed by atoms with Crippen molar-refractivity contribution in [3.63, 3.8) is 0 Å². The SMILES string of the molecule is CCCn1ncc(NC(C)CC(C)C)c(Br)c1=O. The maximum atomic E-state index is 12.0. The molecule has 0 fully saturated rings. The van der Waals surface area contributed by atoms with Gasteiger partial charge in [-0.05, 0) is 41.6 Å². The second-order valence-electron chi connectivity index (χ2n) is 5.08. The minimum absolute atomic E-state index is 0.0707. The molecule has 0 saturated carbocycles. The van der Waals surface area contributed by atoms with Crippen molar-refractivity contribution in [3.05, 3.63) is 21.0 Å². The molecule has 0 aliphatic carbocycles. The van der Waals surface area contributed by atoms with E-state index in [0.29, 0.717) is 23.0 Å². The molecule has 0 spiro atoms. The fourth-order valence-corrected chi connectivity index (χ4v) is 2.39. The highest BCUT2D eigenvalue weighted by Gasteiger charge is 2.11. The first-order valence-electron chi connectivity index (χ1n) is 6.47. The summed E-state index contributed by atoms with van der Waals surface area (Å²) < 4.78 is 2.06. The van der Waals surface area contributed by atoms with E-state index in [0.717, 1.165) is 18.5 Å². The Kier molecular flexibility index (Phi) is 5.85. The maximum Gasteiger partial charge on any atom is 0.283 e. The third kappa shape index (κ3) is 4.12. The molecule has 0 saturated heterocycles. The van der Waals surface area contributed by atoms with Crippen molar-refractivity contribution in [1.29, 1.82) is 0 Å². The number of nitrogens with zero attached hydrogens (tertiary/aromatic N) is 2. The van der Waals surface area contributed by atoms with Gasteiger partial charge in [0.15, 0.2) is 0 Å². The summed E-state index contributed by atoms with van der Waals surface area (Å²) in [5.41, 5.74) is 0.708. The standard InChI is InChI=1S/C13H22BrN3O/c1-5-6-17-13(18)12(14)11(8-15-17)16-10(4)7-9(2)3/h8-10,16H,5-7H2,1-4H3. The van der Waals surface area contributed by atoms with Gasteiger partial charge in [0, 0.05) is 12.6 Å². The molecule has 18 heavy (non-hydrogen) atoms. The first-order chi connectivity index (χ1) is 8.45. The summed E-state index contributed by atoms with van der Waals surface area (Å²) in [7, 11) is 0. The van der Waals surface area contributed by atoms with Gasteiger partial charge in [-0.2, -0.15) is 5.10 Å². The van der Waals surface area contributed by atoms with Crippen molar-refractivity contribution >= 4 is 21.6 Å². The Bertz CT molecular complexity index is 442. The number of anilines is 1. The number of hydrogen-bond acceptors (Lipinski definition) is 3. The van der Waals surface area contributed by atoms with Crippen LogP contribution in [0.15, 0.2) is 15.5 Å². The van der Waals surface area contributed by atoms with Crippen LogP contribution in [0.5, 0.6) is 0 Å². The van der Waals surface area contributed by atoms with E-state index in [2.05, 4.69) is 47.1 Å². The van der Waals surface area contributed by atoms with Crippen LogP contribution < -0.4 is 10.9 Å². The Morgan fingerprint density at radius 3 is 2.67 bits per heavy atom. The Labute approximate surface area is 117 Å². The lowest BCUT2D eigenvalue weighted by atomic mass is 10.1. The van der Waals surface area contributed by atoms with Crippen molar-refractivity contribution in [2.75, 3.05) is 5.32 Å². The van der Waals surface area contributed by atoms with E-state index < -0.39 is 0 Å². The molecular weight excluding hydrogens is 294 g/mol. The molecular formula is C13H22BrN3O. The molecule has 1 heterocycles. The molecule has 0 aliphatic heterocycles. The number of rotatable bonds is 6. The molecule has 0 amide bonds. The van der Waals surface area contributed by atoms with Gasteiger partial charge in [0.05, 0.1) is 11.9 Å². The molecule has 0 aliphatic rings. The number of aryl methyl sites for hydroxylation is 1. The second-order valence-corrected chi connectivity index (χ2v) is 5.87. The van der Waals surface area contributed by atoms with Crippen molar-refractivity contribution in [2.45, 2.75) is 53.1 Å². The molecule has 1 unspecified atom stereocenters.